The van der Waals surface area contributed by atoms with E-state index in [0.717, 1.165) is 10.4 Å². The minimum absolute atomic E-state index is 0.206. The molecule has 0 aliphatic heterocycles. The van der Waals surface area contributed by atoms with Crippen LogP contribution in [0.3, 0.4) is 0 Å². The largest absolute Gasteiger partial charge is 0.440 e. The first-order chi connectivity index (χ1) is 9.60. The molecule has 2 rings (SSSR count). The van der Waals surface area contributed by atoms with Gasteiger partial charge in [0, 0.05) is 22.9 Å². The van der Waals surface area contributed by atoms with Gasteiger partial charge in [-0.15, -0.1) is 11.3 Å². The second kappa shape index (κ2) is 6.62. The summed E-state index contributed by atoms with van der Waals surface area (Å²) in [6, 6.07) is 5.06. The van der Waals surface area contributed by atoms with Gasteiger partial charge in [-0.1, -0.05) is 11.8 Å². The predicted octanol–water partition coefficient (Wildman–Crippen LogP) is 2.58. The first-order valence-corrected chi connectivity index (χ1v) is 7.13. The third-order valence-electron chi connectivity index (χ3n) is 2.51. The van der Waals surface area contributed by atoms with Crippen molar-refractivity contribution in [3.8, 4) is 11.8 Å². The predicted molar refractivity (Wildman–Crippen MR) is 79.8 cm³/mol. The molecule has 20 heavy (non-hydrogen) atoms. The number of carbonyl (C=O) groups is 1. The van der Waals surface area contributed by atoms with Gasteiger partial charge in [-0.3, -0.25) is 4.79 Å². The molecule has 104 valence electrons. The van der Waals surface area contributed by atoms with Gasteiger partial charge < -0.3 is 15.1 Å². The van der Waals surface area contributed by atoms with E-state index in [4.69, 9.17) is 21.8 Å². The Morgan fingerprint density at radius 2 is 2.35 bits per heavy atom. The van der Waals surface area contributed by atoms with E-state index in [-0.39, 0.29) is 16.9 Å². The van der Waals surface area contributed by atoms with Crippen LogP contribution in [0.15, 0.2) is 28.0 Å². The monoisotopic (exact) mass is 308 g/mol. The molecular formula is C14H13ClN2O2S. The van der Waals surface area contributed by atoms with E-state index in [1.807, 2.05) is 11.4 Å². The van der Waals surface area contributed by atoms with Crippen molar-refractivity contribution in [3.63, 3.8) is 0 Å². The van der Waals surface area contributed by atoms with Crippen molar-refractivity contribution in [2.75, 3.05) is 13.6 Å². The molecular weight excluding hydrogens is 296 g/mol. The van der Waals surface area contributed by atoms with Gasteiger partial charge in [-0.05, 0) is 29.8 Å². The molecule has 1 amide bonds. The lowest BCUT2D eigenvalue weighted by Gasteiger charge is -2.14. The van der Waals surface area contributed by atoms with E-state index in [1.165, 1.54) is 0 Å². The van der Waals surface area contributed by atoms with E-state index in [9.17, 15) is 4.79 Å². The van der Waals surface area contributed by atoms with Gasteiger partial charge in [0.1, 0.15) is 0 Å². The van der Waals surface area contributed by atoms with Crippen LogP contribution in [0.2, 0.25) is 5.22 Å². The number of rotatable bonds is 3. The van der Waals surface area contributed by atoms with Crippen molar-refractivity contribution >= 4 is 28.8 Å². The maximum atomic E-state index is 12.1. The first-order valence-electron chi connectivity index (χ1n) is 5.87. The smallest absolute Gasteiger partial charge is 0.289 e. The Balaban J connectivity index is 2.02. The normalized spacial score (nSPS) is 9.95. The summed E-state index contributed by atoms with van der Waals surface area (Å²) in [4.78, 5) is 14.7. The molecule has 0 aliphatic rings. The van der Waals surface area contributed by atoms with Crippen LogP contribution >= 0.6 is 22.9 Å². The molecule has 0 fully saturated rings. The zero-order valence-electron chi connectivity index (χ0n) is 10.9. The number of thiophene rings is 1. The lowest BCUT2D eigenvalue weighted by Crippen LogP contribution is -2.25. The van der Waals surface area contributed by atoms with E-state index in [2.05, 4.69) is 11.8 Å². The van der Waals surface area contributed by atoms with Gasteiger partial charge in [0.05, 0.1) is 13.1 Å². The highest BCUT2D eigenvalue weighted by molar-refractivity contribution is 7.10. The van der Waals surface area contributed by atoms with Gasteiger partial charge in [0.2, 0.25) is 0 Å². The highest BCUT2D eigenvalue weighted by atomic mass is 35.5. The van der Waals surface area contributed by atoms with Crippen molar-refractivity contribution in [2.45, 2.75) is 6.54 Å². The number of nitrogens with two attached hydrogens (primary N) is 1. The highest BCUT2D eigenvalue weighted by Gasteiger charge is 2.16. The molecule has 0 saturated heterocycles. The van der Waals surface area contributed by atoms with Gasteiger partial charge in [0.15, 0.2) is 11.0 Å². The van der Waals surface area contributed by atoms with E-state index in [1.54, 1.807) is 35.4 Å². The summed E-state index contributed by atoms with van der Waals surface area (Å²) in [5.74, 6) is 5.78. The molecule has 6 heteroatoms. The molecule has 2 aromatic rings. The standard InChI is InChI=1S/C14H13ClN2O2S/c1-17(14(18)12-4-5-13(15)19-12)8-11-7-10(9-20-11)3-2-6-16/h4-5,7,9H,6,8,16H2,1H3. The zero-order chi connectivity index (χ0) is 14.5. The topological polar surface area (TPSA) is 59.5 Å². The molecule has 0 spiro atoms. The van der Waals surface area contributed by atoms with Crippen LogP contribution in [0.5, 0.6) is 0 Å². The number of hydrogen-bond donors (Lipinski definition) is 1. The first kappa shape index (κ1) is 14.7. The van der Waals surface area contributed by atoms with E-state index < -0.39 is 0 Å². The third-order valence-corrected chi connectivity index (χ3v) is 3.64. The minimum Gasteiger partial charge on any atom is -0.440 e. The van der Waals surface area contributed by atoms with Crippen LogP contribution in [-0.4, -0.2) is 24.4 Å². The van der Waals surface area contributed by atoms with Gasteiger partial charge >= 0.3 is 0 Å². The van der Waals surface area contributed by atoms with Crippen LogP contribution in [0.25, 0.3) is 0 Å². The summed E-state index contributed by atoms with van der Waals surface area (Å²) < 4.78 is 5.10. The summed E-state index contributed by atoms with van der Waals surface area (Å²) in [7, 11) is 1.71. The van der Waals surface area contributed by atoms with Crippen molar-refractivity contribution in [1.82, 2.24) is 4.90 Å². The Labute approximate surface area is 126 Å². The summed E-state index contributed by atoms with van der Waals surface area (Å²) in [6.07, 6.45) is 0. The third kappa shape index (κ3) is 3.64. The summed E-state index contributed by atoms with van der Waals surface area (Å²) in [5.41, 5.74) is 6.24. The molecule has 2 N–H and O–H groups in total. The maximum absolute atomic E-state index is 12.1. The number of nitrogens with zero attached hydrogens (tertiary/aromatic N) is 1. The Morgan fingerprint density at radius 1 is 1.55 bits per heavy atom. The average molecular weight is 309 g/mol. The van der Waals surface area contributed by atoms with Crippen LogP contribution in [0.1, 0.15) is 21.0 Å². The maximum Gasteiger partial charge on any atom is 0.289 e. The number of furan rings is 1. The lowest BCUT2D eigenvalue weighted by atomic mass is 10.3. The number of hydrogen-bond acceptors (Lipinski definition) is 4. The fourth-order valence-electron chi connectivity index (χ4n) is 1.61. The molecule has 0 aliphatic carbocycles. The van der Waals surface area contributed by atoms with Gasteiger partial charge in [-0.2, -0.15) is 0 Å². The Hall–Kier alpha value is -1.74. The fourth-order valence-corrected chi connectivity index (χ4v) is 2.62. The molecule has 0 radical (unpaired) electrons. The van der Waals surface area contributed by atoms with Crippen molar-refractivity contribution in [2.24, 2.45) is 5.73 Å². The van der Waals surface area contributed by atoms with Crippen molar-refractivity contribution in [1.29, 1.82) is 0 Å². The summed E-state index contributed by atoms with van der Waals surface area (Å²) in [6.45, 7) is 0.828. The average Bonchev–Trinajstić information content (AvgIpc) is 3.04. The molecule has 2 aromatic heterocycles. The van der Waals surface area contributed by atoms with Gasteiger partial charge in [0.25, 0.3) is 5.91 Å². The van der Waals surface area contributed by atoms with Gasteiger partial charge in [-0.25, -0.2) is 0 Å². The summed E-state index contributed by atoms with van der Waals surface area (Å²) in [5, 5.41) is 2.15. The molecule has 0 aromatic carbocycles. The van der Waals surface area contributed by atoms with Crippen molar-refractivity contribution in [3.05, 3.63) is 45.0 Å². The summed E-state index contributed by atoms with van der Waals surface area (Å²) >= 11 is 7.21. The van der Waals surface area contributed by atoms with Crippen LogP contribution in [0.4, 0.5) is 0 Å². The minimum atomic E-state index is -0.208. The van der Waals surface area contributed by atoms with Crippen molar-refractivity contribution < 1.29 is 9.21 Å². The fraction of sp³-hybridized carbons (Fsp3) is 0.214. The Kier molecular flexibility index (Phi) is 4.85. The molecule has 0 bridgehead atoms. The number of halogens is 1. The zero-order valence-corrected chi connectivity index (χ0v) is 12.4. The van der Waals surface area contributed by atoms with Crippen LogP contribution < -0.4 is 5.73 Å². The quantitative estimate of drug-likeness (QED) is 0.887. The highest BCUT2D eigenvalue weighted by Crippen LogP contribution is 2.18. The molecule has 2 heterocycles. The van der Waals surface area contributed by atoms with E-state index in [0.29, 0.717) is 13.1 Å². The second-order valence-electron chi connectivity index (χ2n) is 4.07. The number of carbonyl (C=O) groups excluding carboxylic acids is 1. The lowest BCUT2D eigenvalue weighted by molar-refractivity contribution is 0.0755. The number of amides is 1. The van der Waals surface area contributed by atoms with E-state index >= 15 is 0 Å². The Bertz CT molecular complexity index is 666. The molecule has 0 atom stereocenters. The Morgan fingerprint density at radius 3 is 3.00 bits per heavy atom. The molecule has 0 unspecified atom stereocenters. The molecule has 4 nitrogen and oxygen atoms in total. The SMILES string of the molecule is CN(Cc1cc(C#CCN)cs1)C(=O)c1ccc(Cl)o1. The molecule has 0 saturated carbocycles. The second-order valence-corrected chi connectivity index (χ2v) is 5.44. The van der Waals surface area contributed by atoms with Crippen LogP contribution in [0, 0.1) is 11.8 Å². The van der Waals surface area contributed by atoms with Crippen LogP contribution in [-0.2, 0) is 6.54 Å².